The van der Waals surface area contributed by atoms with Gasteiger partial charge in [0.1, 0.15) is 4.90 Å². The van der Waals surface area contributed by atoms with Crippen LogP contribution in [0.15, 0.2) is 114 Å². The van der Waals surface area contributed by atoms with Gasteiger partial charge in [0.25, 0.3) is 20.2 Å². The Hall–Kier alpha value is -3.40. The van der Waals surface area contributed by atoms with Crippen molar-refractivity contribution < 1.29 is 34.4 Å². The number of rotatable bonds is 7. The van der Waals surface area contributed by atoms with Gasteiger partial charge in [-0.1, -0.05) is 30.0 Å². The SMILES string of the molecule is Nc1ccc(-c2ccc(N)cc2S(=O)(=O)c2ccc(Sc3ccc(S(=O)(=O)O)cc3)c(S(=O)(=O)O)c2)cc1. The molecule has 0 aromatic heterocycles. The summed E-state index contributed by atoms with van der Waals surface area (Å²) in [6.45, 7) is 0. The minimum atomic E-state index is -4.88. The third-order valence-corrected chi connectivity index (χ3v) is 10.1. The fraction of sp³-hybridized carbons (Fsp3) is 0. The second-order valence-corrected chi connectivity index (χ2v) is 13.9. The lowest BCUT2D eigenvalue weighted by atomic mass is 10.1. The van der Waals surface area contributed by atoms with Crippen molar-refractivity contribution in [3.05, 3.63) is 84.9 Å². The normalized spacial score (nSPS) is 12.4. The van der Waals surface area contributed by atoms with Crippen LogP contribution in [0.3, 0.4) is 0 Å². The van der Waals surface area contributed by atoms with E-state index in [0.29, 0.717) is 21.7 Å². The van der Waals surface area contributed by atoms with Gasteiger partial charge in [0.15, 0.2) is 0 Å². The second-order valence-electron chi connectivity index (χ2n) is 8.01. The fourth-order valence-corrected chi connectivity index (χ4v) is 7.49. The molecule has 38 heavy (non-hydrogen) atoms. The average molecular weight is 593 g/mol. The summed E-state index contributed by atoms with van der Waals surface area (Å²) >= 11 is 0.837. The molecule has 198 valence electrons. The van der Waals surface area contributed by atoms with Gasteiger partial charge in [0.05, 0.1) is 14.7 Å². The summed E-state index contributed by atoms with van der Waals surface area (Å²) in [6.07, 6.45) is 0. The summed E-state index contributed by atoms with van der Waals surface area (Å²) in [7, 11) is -13.6. The van der Waals surface area contributed by atoms with Gasteiger partial charge in [-0.05, 0) is 72.3 Å². The summed E-state index contributed by atoms with van der Waals surface area (Å²) in [5.41, 5.74) is 13.1. The van der Waals surface area contributed by atoms with Crippen LogP contribution in [-0.2, 0) is 30.1 Å². The van der Waals surface area contributed by atoms with Gasteiger partial charge >= 0.3 is 0 Å². The maximum atomic E-state index is 13.7. The predicted octanol–water partition coefficient (Wildman–Crippen LogP) is 4.00. The van der Waals surface area contributed by atoms with Gasteiger partial charge in [-0.3, -0.25) is 9.11 Å². The highest BCUT2D eigenvalue weighted by molar-refractivity contribution is 8.00. The molecule has 0 radical (unpaired) electrons. The molecule has 0 saturated heterocycles. The second kappa shape index (κ2) is 10.1. The Balaban J connectivity index is 1.81. The van der Waals surface area contributed by atoms with Gasteiger partial charge in [-0.15, -0.1) is 0 Å². The topological polar surface area (TPSA) is 195 Å². The standard InChI is InChI=1S/C24H20N2O8S4/c25-16-3-1-15(2-4-16)21-11-5-17(26)13-23(21)36(27,28)20-10-12-22(24(14-20)38(32,33)34)35-18-6-8-19(9-7-18)37(29,30)31/h1-14H,25-26H2,(H,29,30,31)(H,32,33,34). The summed E-state index contributed by atoms with van der Waals surface area (Å²) in [4.78, 5) is -1.27. The van der Waals surface area contributed by atoms with Crippen LogP contribution in [0.5, 0.6) is 0 Å². The Morgan fingerprint density at radius 2 is 1.16 bits per heavy atom. The van der Waals surface area contributed by atoms with E-state index in [0.717, 1.165) is 30.0 Å². The number of benzene rings is 4. The highest BCUT2D eigenvalue weighted by Gasteiger charge is 2.26. The first-order valence-corrected chi connectivity index (χ1v) is 15.7. The number of hydrogen-bond acceptors (Lipinski definition) is 9. The van der Waals surface area contributed by atoms with Crippen molar-refractivity contribution in [2.24, 2.45) is 0 Å². The maximum absolute atomic E-state index is 13.7. The molecule has 0 spiro atoms. The van der Waals surface area contributed by atoms with Crippen LogP contribution in [0.1, 0.15) is 0 Å². The van der Waals surface area contributed by atoms with Crippen molar-refractivity contribution in [2.75, 3.05) is 11.5 Å². The number of nitrogen functional groups attached to an aromatic ring is 2. The van der Waals surface area contributed by atoms with Gasteiger partial charge < -0.3 is 11.5 Å². The molecule has 0 saturated carbocycles. The molecule has 0 atom stereocenters. The molecule has 0 aliphatic heterocycles. The molecule has 0 unspecified atom stereocenters. The highest BCUT2D eigenvalue weighted by atomic mass is 32.2. The Morgan fingerprint density at radius 1 is 0.579 bits per heavy atom. The molecule has 4 aromatic rings. The van der Waals surface area contributed by atoms with Crippen LogP contribution < -0.4 is 11.5 Å². The Labute approximate surface area is 223 Å². The van der Waals surface area contributed by atoms with Crippen LogP contribution in [0.25, 0.3) is 11.1 Å². The number of anilines is 2. The third-order valence-electron chi connectivity index (χ3n) is 5.37. The number of sulfone groups is 1. The zero-order valence-electron chi connectivity index (χ0n) is 19.2. The first kappa shape index (κ1) is 27.6. The smallest absolute Gasteiger partial charge is 0.295 e. The molecule has 0 aliphatic rings. The summed E-state index contributed by atoms with van der Waals surface area (Å²) < 4.78 is 93.3. The monoisotopic (exact) mass is 592 g/mol. The first-order valence-electron chi connectivity index (χ1n) is 10.5. The minimum Gasteiger partial charge on any atom is -0.399 e. The Kier molecular flexibility index (Phi) is 7.31. The molecular weight excluding hydrogens is 573 g/mol. The van der Waals surface area contributed by atoms with Crippen LogP contribution in [0.4, 0.5) is 11.4 Å². The summed E-state index contributed by atoms with van der Waals surface area (Å²) in [5.74, 6) is 0. The molecule has 0 fully saturated rings. The van der Waals surface area contributed by atoms with E-state index in [-0.39, 0.29) is 20.4 Å². The summed E-state index contributed by atoms with van der Waals surface area (Å²) in [6, 6.07) is 18.9. The number of nitrogens with two attached hydrogens (primary N) is 2. The van der Waals surface area contributed by atoms with E-state index < -0.39 is 39.9 Å². The first-order chi connectivity index (χ1) is 17.7. The lowest BCUT2D eigenvalue weighted by Crippen LogP contribution is -2.08. The van der Waals surface area contributed by atoms with E-state index in [1.54, 1.807) is 24.3 Å². The molecule has 14 heteroatoms. The quantitative estimate of drug-likeness (QED) is 0.179. The zero-order valence-corrected chi connectivity index (χ0v) is 22.5. The molecule has 0 aliphatic carbocycles. The molecule has 4 aromatic carbocycles. The molecule has 0 heterocycles. The molecule has 6 N–H and O–H groups in total. The van der Waals surface area contributed by atoms with Crippen LogP contribution >= 0.6 is 11.8 Å². The van der Waals surface area contributed by atoms with Crippen molar-refractivity contribution in [1.82, 2.24) is 0 Å². The van der Waals surface area contributed by atoms with E-state index in [2.05, 4.69) is 0 Å². The van der Waals surface area contributed by atoms with Gasteiger partial charge in [-0.2, -0.15) is 16.8 Å². The lowest BCUT2D eigenvalue weighted by molar-refractivity contribution is 0.479. The lowest BCUT2D eigenvalue weighted by Gasteiger charge is -2.14. The molecule has 0 bridgehead atoms. The Morgan fingerprint density at radius 3 is 1.74 bits per heavy atom. The van der Waals surface area contributed by atoms with E-state index in [1.807, 2.05) is 0 Å². The summed E-state index contributed by atoms with van der Waals surface area (Å²) in [5, 5.41) is 0. The molecule has 10 nitrogen and oxygen atoms in total. The van der Waals surface area contributed by atoms with Gasteiger partial charge in [0, 0.05) is 26.7 Å². The average Bonchev–Trinajstić information content (AvgIpc) is 2.84. The highest BCUT2D eigenvalue weighted by Crippen LogP contribution is 2.38. The minimum absolute atomic E-state index is 0.0163. The van der Waals surface area contributed by atoms with Gasteiger partial charge in [-0.25, -0.2) is 8.42 Å². The van der Waals surface area contributed by atoms with Crippen LogP contribution in [0, 0.1) is 0 Å². The largest absolute Gasteiger partial charge is 0.399 e. The zero-order chi connectivity index (χ0) is 27.9. The molecular formula is C24H20N2O8S4. The van der Waals surface area contributed by atoms with Gasteiger partial charge in [0.2, 0.25) is 9.84 Å². The predicted molar refractivity (Wildman–Crippen MR) is 143 cm³/mol. The van der Waals surface area contributed by atoms with Crippen molar-refractivity contribution in [3.63, 3.8) is 0 Å². The van der Waals surface area contributed by atoms with Crippen LogP contribution in [-0.4, -0.2) is 34.4 Å². The Bertz CT molecular complexity index is 1850. The van der Waals surface area contributed by atoms with Crippen LogP contribution in [0.2, 0.25) is 0 Å². The van der Waals surface area contributed by atoms with E-state index in [1.165, 1.54) is 42.5 Å². The van der Waals surface area contributed by atoms with Crippen molar-refractivity contribution in [2.45, 2.75) is 29.4 Å². The number of hydrogen-bond donors (Lipinski definition) is 4. The molecule has 0 amide bonds. The van der Waals surface area contributed by atoms with Crippen molar-refractivity contribution in [3.8, 4) is 11.1 Å². The maximum Gasteiger partial charge on any atom is 0.295 e. The van der Waals surface area contributed by atoms with Crippen molar-refractivity contribution in [1.29, 1.82) is 0 Å². The fourth-order valence-electron chi connectivity index (χ4n) is 3.54. The van der Waals surface area contributed by atoms with E-state index in [4.69, 9.17) is 16.0 Å². The third kappa shape index (κ3) is 5.85. The molecule has 4 rings (SSSR count). The van der Waals surface area contributed by atoms with E-state index in [9.17, 15) is 29.8 Å². The van der Waals surface area contributed by atoms with Crippen molar-refractivity contribution >= 4 is 53.2 Å². The van der Waals surface area contributed by atoms with E-state index >= 15 is 0 Å².